The van der Waals surface area contributed by atoms with Crippen molar-refractivity contribution in [2.45, 2.75) is 23.1 Å². The zero-order chi connectivity index (χ0) is 22.7. The quantitative estimate of drug-likeness (QED) is 0.568. The van der Waals surface area contributed by atoms with Crippen molar-refractivity contribution in [1.29, 1.82) is 0 Å². The Hall–Kier alpha value is -2.69. The fourth-order valence-electron chi connectivity index (χ4n) is 4.01. The maximum Gasteiger partial charge on any atom is 0.252 e. The molecule has 32 heavy (non-hydrogen) atoms. The van der Waals surface area contributed by atoms with Crippen LogP contribution in [-0.2, 0) is 21.9 Å². The van der Waals surface area contributed by atoms with E-state index in [4.69, 9.17) is 4.74 Å². The molecule has 0 radical (unpaired) electrons. The highest BCUT2D eigenvalue weighted by molar-refractivity contribution is 7.91. The molecule has 2 unspecified atom stereocenters. The van der Waals surface area contributed by atoms with Crippen LogP contribution in [0.3, 0.4) is 0 Å². The van der Waals surface area contributed by atoms with Gasteiger partial charge in [-0.25, -0.2) is 13.4 Å². The first kappa shape index (κ1) is 22.5. The van der Waals surface area contributed by atoms with Crippen LogP contribution >= 0.6 is 11.3 Å². The molecule has 2 aromatic heterocycles. The molecule has 0 aliphatic carbocycles. The molecule has 0 bridgehead atoms. The summed E-state index contributed by atoms with van der Waals surface area (Å²) >= 11 is 1.19. The lowest BCUT2D eigenvalue weighted by Crippen LogP contribution is -2.46. The van der Waals surface area contributed by atoms with E-state index in [9.17, 15) is 13.2 Å². The van der Waals surface area contributed by atoms with Crippen LogP contribution < -0.4 is 10.1 Å². The fourth-order valence-corrected chi connectivity index (χ4v) is 6.68. The Morgan fingerprint density at radius 1 is 1.28 bits per heavy atom. The molecular formula is C22H26N4O4S2. The molecule has 0 saturated carbocycles. The summed E-state index contributed by atoms with van der Waals surface area (Å²) in [5, 5.41) is 4.85. The topological polar surface area (TPSA) is 93.5 Å². The van der Waals surface area contributed by atoms with Gasteiger partial charge in [-0.1, -0.05) is 24.3 Å². The molecule has 4 rings (SSSR count). The van der Waals surface area contributed by atoms with Gasteiger partial charge in [-0.05, 0) is 30.4 Å². The summed E-state index contributed by atoms with van der Waals surface area (Å²) in [6.07, 6.45) is 4.76. The third-order valence-electron chi connectivity index (χ3n) is 5.70. The SMILES string of the molecule is COc1ccccc1C(NC(=O)C1CCCN(S(=O)(=O)c2cccs2)C1)c1nccn1C. The summed E-state index contributed by atoms with van der Waals surface area (Å²) in [7, 11) is -0.135. The van der Waals surface area contributed by atoms with Crippen LogP contribution in [0.5, 0.6) is 5.75 Å². The van der Waals surface area contributed by atoms with Crippen LogP contribution in [0.15, 0.2) is 58.4 Å². The normalized spacial score (nSPS) is 18.2. The Bertz CT molecular complexity index is 1170. The predicted molar refractivity (Wildman–Crippen MR) is 122 cm³/mol. The third kappa shape index (κ3) is 4.43. The van der Waals surface area contributed by atoms with Gasteiger partial charge in [0, 0.05) is 38.1 Å². The van der Waals surface area contributed by atoms with Gasteiger partial charge < -0.3 is 14.6 Å². The Morgan fingerprint density at radius 2 is 2.09 bits per heavy atom. The molecular weight excluding hydrogens is 448 g/mol. The molecule has 1 N–H and O–H groups in total. The van der Waals surface area contributed by atoms with Gasteiger partial charge >= 0.3 is 0 Å². The number of rotatable bonds is 7. The van der Waals surface area contributed by atoms with Gasteiger partial charge in [-0.2, -0.15) is 4.31 Å². The van der Waals surface area contributed by atoms with E-state index in [0.717, 1.165) is 5.56 Å². The smallest absolute Gasteiger partial charge is 0.252 e. The summed E-state index contributed by atoms with van der Waals surface area (Å²) in [5.41, 5.74) is 0.788. The summed E-state index contributed by atoms with van der Waals surface area (Å²) in [6, 6.07) is 10.3. The van der Waals surface area contributed by atoms with Gasteiger partial charge in [-0.3, -0.25) is 4.79 Å². The van der Waals surface area contributed by atoms with Crippen molar-refractivity contribution in [2.24, 2.45) is 13.0 Å². The lowest BCUT2D eigenvalue weighted by atomic mass is 9.97. The Kier molecular flexibility index (Phi) is 6.63. The molecule has 1 aromatic carbocycles. The fraction of sp³-hybridized carbons (Fsp3) is 0.364. The summed E-state index contributed by atoms with van der Waals surface area (Å²) < 4.78 is 35.0. The van der Waals surface area contributed by atoms with E-state index in [-0.39, 0.29) is 12.5 Å². The number of carbonyl (C=O) groups is 1. The highest BCUT2D eigenvalue weighted by Gasteiger charge is 2.35. The monoisotopic (exact) mass is 474 g/mol. The van der Waals surface area contributed by atoms with Gasteiger partial charge in [0.15, 0.2) is 0 Å². The van der Waals surface area contributed by atoms with Crippen molar-refractivity contribution < 1.29 is 17.9 Å². The number of amides is 1. The van der Waals surface area contributed by atoms with E-state index in [1.807, 2.05) is 42.1 Å². The van der Waals surface area contributed by atoms with Gasteiger partial charge in [0.05, 0.1) is 13.0 Å². The van der Waals surface area contributed by atoms with Crippen molar-refractivity contribution in [3.63, 3.8) is 0 Å². The minimum absolute atomic E-state index is 0.158. The predicted octanol–water partition coefficient (Wildman–Crippen LogP) is 2.80. The van der Waals surface area contributed by atoms with Gasteiger partial charge in [0.1, 0.15) is 21.8 Å². The number of hydrogen-bond donors (Lipinski definition) is 1. The molecule has 0 spiro atoms. The number of imidazole rings is 1. The number of aromatic nitrogens is 2. The number of benzene rings is 1. The second kappa shape index (κ2) is 9.43. The lowest BCUT2D eigenvalue weighted by Gasteiger charge is -2.32. The molecule has 2 atom stereocenters. The molecule has 1 aliphatic rings. The van der Waals surface area contributed by atoms with E-state index in [2.05, 4.69) is 10.3 Å². The Balaban J connectivity index is 1.58. The first-order chi connectivity index (χ1) is 15.4. The van der Waals surface area contributed by atoms with Gasteiger partial charge in [0.2, 0.25) is 5.91 Å². The van der Waals surface area contributed by atoms with Crippen LogP contribution in [0.2, 0.25) is 0 Å². The summed E-state index contributed by atoms with van der Waals surface area (Å²) in [4.78, 5) is 17.8. The van der Waals surface area contributed by atoms with Crippen LogP contribution in [0, 0.1) is 5.92 Å². The molecule has 8 nitrogen and oxygen atoms in total. The molecule has 3 heterocycles. The summed E-state index contributed by atoms with van der Waals surface area (Å²) in [6.45, 7) is 0.574. The number of carbonyl (C=O) groups excluding carboxylic acids is 1. The van der Waals surface area contributed by atoms with Crippen LogP contribution in [0.4, 0.5) is 0 Å². The van der Waals surface area contributed by atoms with Crippen LogP contribution in [0.1, 0.15) is 30.3 Å². The number of hydrogen-bond acceptors (Lipinski definition) is 6. The standard InChI is InChI=1S/C22H26N4O4S2/c1-25-13-11-23-21(25)20(17-8-3-4-9-18(17)30-2)24-22(27)16-7-5-12-26(15-16)32(28,29)19-10-6-14-31-19/h3-4,6,8-11,13-14,16,20H,5,7,12,15H2,1-2H3,(H,24,27). The minimum Gasteiger partial charge on any atom is -0.496 e. The van der Waals surface area contributed by atoms with Crippen molar-refractivity contribution in [1.82, 2.24) is 19.2 Å². The number of nitrogens with zero attached hydrogens (tertiary/aromatic N) is 3. The van der Waals surface area contributed by atoms with Crippen molar-refractivity contribution in [3.05, 3.63) is 65.6 Å². The number of thiophene rings is 1. The van der Waals surface area contributed by atoms with E-state index in [1.54, 1.807) is 30.8 Å². The average Bonchev–Trinajstić information content (AvgIpc) is 3.50. The number of piperidine rings is 1. The van der Waals surface area contributed by atoms with Crippen molar-refractivity contribution in [3.8, 4) is 5.75 Å². The molecule has 1 amide bonds. The largest absolute Gasteiger partial charge is 0.496 e. The number of nitrogens with one attached hydrogen (secondary N) is 1. The lowest BCUT2D eigenvalue weighted by molar-refractivity contribution is -0.126. The van der Waals surface area contributed by atoms with E-state index < -0.39 is 22.0 Å². The molecule has 1 aliphatic heterocycles. The maximum absolute atomic E-state index is 13.3. The number of para-hydroxylation sites is 1. The third-order valence-corrected chi connectivity index (χ3v) is 8.94. The Labute approximate surface area is 191 Å². The van der Waals surface area contributed by atoms with Crippen molar-refractivity contribution >= 4 is 27.3 Å². The average molecular weight is 475 g/mol. The molecule has 170 valence electrons. The first-order valence-electron chi connectivity index (χ1n) is 10.4. The van der Waals surface area contributed by atoms with E-state index in [0.29, 0.717) is 35.2 Å². The van der Waals surface area contributed by atoms with Crippen LogP contribution in [-0.4, -0.2) is 48.4 Å². The number of aryl methyl sites for hydroxylation is 1. The molecule has 10 heteroatoms. The highest BCUT2D eigenvalue weighted by atomic mass is 32.2. The minimum atomic E-state index is -3.59. The van der Waals surface area contributed by atoms with E-state index in [1.165, 1.54) is 15.6 Å². The van der Waals surface area contributed by atoms with Crippen LogP contribution in [0.25, 0.3) is 0 Å². The second-order valence-corrected chi connectivity index (χ2v) is 10.8. The number of ether oxygens (including phenoxy) is 1. The van der Waals surface area contributed by atoms with Crippen molar-refractivity contribution in [2.75, 3.05) is 20.2 Å². The zero-order valence-electron chi connectivity index (χ0n) is 18.0. The molecule has 1 fully saturated rings. The molecule has 1 saturated heterocycles. The summed E-state index contributed by atoms with van der Waals surface area (Å²) in [5.74, 6) is 0.666. The molecule has 3 aromatic rings. The number of sulfonamides is 1. The Morgan fingerprint density at radius 3 is 2.78 bits per heavy atom. The second-order valence-electron chi connectivity index (χ2n) is 7.71. The van der Waals surface area contributed by atoms with Gasteiger partial charge in [0.25, 0.3) is 10.0 Å². The van der Waals surface area contributed by atoms with Gasteiger partial charge in [-0.15, -0.1) is 11.3 Å². The maximum atomic E-state index is 13.3. The highest BCUT2D eigenvalue weighted by Crippen LogP contribution is 2.31. The zero-order valence-corrected chi connectivity index (χ0v) is 19.6. The number of methoxy groups -OCH3 is 1. The van der Waals surface area contributed by atoms with E-state index >= 15 is 0 Å². The first-order valence-corrected chi connectivity index (χ1v) is 12.7.